The smallest absolute Gasteiger partial charge is 0.389 e. The lowest BCUT2D eigenvalue weighted by molar-refractivity contribution is -0.134. The van der Waals surface area contributed by atoms with Crippen LogP contribution in [0.2, 0.25) is 0 Å². The fraction of sp³-hybridized carbons (Fsp3) is 0.250. The maximum Gasteiger partial charge on any atom is 0.389 e. The molecular formula is C36H35F4N3O4. The molecule has 5 rings (SSSR count). The number of carbonyl (C=O) groups is 2. The van der Waals surface area contributed by atoms with Gasteiger partial charge in [-0.1, -0.05) is 29.8 Å². The number of rotatable bonds is 6. The fourth-order valence-electron chi connectivity index (χ4n) is 4.70. The van der Waals surface area contributed by atoms with E-state index < -0.39 is 36.3 Å². The van der Waals surface area contributed by atoms with Crippen molar-refractivity contribution in [1.29, 1.82) is 0 Å². The average molecular weight is 650 g/mol. The minimum absolute atomic E-state index is 0.0320. The van der Waals surface area contributed by atoms with Gasteiger partial charge in [-0.2, -0.15) is 13.2 Å². The number of aryl methyl sites for hydroxylation is 2. The number of benzene rings is 3. The highest BCUT2D eigenvalue weighted by Gasteiger charge is 2.29. The second kappa shape index (κ2) is 14.1. The van der Waals surface area contributed by atoms with Crippen molar-refractivity contribution in [2.24, 2.45) is 0 Å². The van der Waals surface area contributed by atoms with Gasteiger partial charge in [0, 0.05) is 35.7 Å². The van der Waals surface area contributed by atoms with Gasteiger partial charge in [-0.15, -0.1) is 0 Å². The molecule has 0 unspecified atom stereocenters. The number of halogens is 4. The zero-order valence-corrected chi connectivity index (χ0v) is 26.6. The van der Waals surface area contributed by atoms with Crippen molar-refractivity contribution in [2.45, 2.75) is 52.3 Å². The zero-order valence-electron chi connectivity index (χ0n) is 26.6. The molecule has 0 aliphatic heterocycles. The van der Waals surface area contributed by atoms with Crippen molar-refractivity contribution < 1.29 is 36.7 Å². The third-order valence-electron chi connectivity index (χ3n) is 6.93. The fourth-order valence-corrected chi connectivity index (χ4v) is 4.70. The molecule has 0 radical (unpaired) electrons. The lowest BCUT2D eigenvalue weighted by Gasteiger charge is -2.20. The number of aromatic nitrogens is 1. The molecule has 0 fully saturated rings. The van der Waals surface area contributed by atoms with Gasteiger partial charge < -0.3 is 20.2 Å². The zero-order chi connectivity index (χ0) is 34.5. The summed E-state index contributed by atoms with van der Waals surface area (Å²) in [6.07, 6.45) is -6.01. The molecule has 11 heteroatoms. The number of aromatic hydroxyl groups is 1. The number of phenols is 1. The third kappa shape index (κ3) is 9.18. The average Bonchev–Trinajstić information content (AvgIpc) is 3.38. The van der Waals surface area contributed by atoms with E-state index in [1.807, 2.05) is 39.8 Å². The first-order valence-corrected chi connectivity index (χ1v) is 14.7. The molecule has 0 saturated heterocycles. The molecule has 3 N–H and O–H groups in total. The number of nitrogens with zero attached hydrogens (tertiary/aromatic N) is 1. The van der Waals surface area contributed by atoms with Crippen molar-refractivity contribution in [3.05, 3.63) is 107 Å². The quantitative estimate of drug-likeness (QED) is 0.160. The third-order valence-corrected chi connectivity index (χ3v) is 6.93. The number of nitrogens with one attached hydrogen (secondary N) is 2. The van der Waals surface area contributed by atoms with Gasteiger partial charge in [0.25, 0.3) is 11.8 Å². The first-order chi connectivity index (χ1) is 22.0. The van der Waals surface area contributed by atoms with E-state index in [9.17, 15) is 27.2 Å². The molecule has 47 heavy (non-hydrogen) atoms. The van der Waals surface area contributed by atoms with E-state index in [0.29, 0.717) is 28.0 Å². The van der Waals surface area contributed by atoms with Crippen LogP contribution in [-0.2, 0) is 6.42 Å². The Balaban J connectivity index is 0.000000546. The van der Waals surface area contributed by atoms with Crippen LogP contribution in [0.25, 0.3) is 33.6 Å². The summed E-state index contributed by atoms with van der Waals surface area (Å²) in [5, 5.41) is 14.4. The van der Waals surface area contributed by atoms with E-state index in [1.54, 1.807) is 42.5 Å². The van der Waals surface area contributed by atoms with Crippen LogP contribution in [0.5, 0.6) is 5.75 Å². The number of hydrogen-bond donors (Lipinski definition) is 3. The predicted octanol–water partition coefficient (Wildman–Crippen LogP) is 8.38. The molecule has 2 aromatic heterocycles. The highest BCUT2D eigenvalue weighted by atomic mass is 19.4. The number of pyridine rings is 1. The maximum atomic E-state index is 13.5. The van der Waals surface area contributed by atoms with Gasteiger partial charge in [0.15, 0.2) is 0 Å². The Morgan fingerprint density at radius 3 is 2.13 bits per heavy atom. The lowest BCUT2D eigenvalue weighted by Crippen LogP contribution is -2.40. The van der Waals surface area contributed by atoms with Crippen LogP contribution >= 0.6 is 0 Å². The van der Waals surface area contributed by atoms with Crippen LogP contribution in [0.4, 0.5) is 17.6 Å². The lowest BCUT2D eigenvalue weighted by atomic mass is 9.96. The van der Waals surface area contributed by atoms with Crippen LogP contribution in [0.1, 0.15) is 59.2 Å². The Hall–Kier alpha value is -5.19. The number of hydrogen-bond acceptors (Lipinski definition) is 5. The van der Waals surface area contributed by atoms with E-state index in [2.05, 4.69) is 15.6 Å². The predicted molar refractivity (Wildman–Crippen MR) is 173 cm³/mol. The highest BCUT2D eigenvalue weighted by Crippen LogP contribution is 2.37. The number of furan rings is 1. The number of fused-ring (bicyclic) bond motifs is 1. The number of phenolic OH excluding ortho intramolecular Hbond substituents is 1. The van der Waals surface area contributed by atoms with E-state index in [4.69, 9.17) is 9.52 Å². The number of amides is 2. The monoisotopic (exact) mass is 649 g/mol. The number of alkyl halides is 3. The molecule has 2 amide bonds. The van der Waals surface area contributed by atoms with Crippen molar-refractivity contribution in [3.63, 3.8) is 0 Å². The van der Waals surface area contributed by atoms with E-state index >= 15 is 0 Å². The van der Waals surface area contributed by atoms with Crippen molar-refractivity contribution in [1.82, 2.24) is 15.6 Å². The summed E-state index contributed by atoms with van der Waals surface area (Å²) in [7, 11) is 1.43. The molecule has 0 bridgehead atoms. The summed E-state index contributed by atoms with van der Waals surface area (Å²) in [4.78, 5) is 30.1. The van der Waals surface area contributed by atoms with Crippen molar-refractivity contribution in [3.8, 4) is 28.2 Å². The summed E-state index contributed by atoms with van der Waals surface area (Å²) in [6.45, 7) is 7.48. The molecule has 0 saturated carbocycles. The Labute approximate surface area is 269 Å². The van der Waals surface area contributed by atoms with Gasteiger partial charge >= 0.3 is 6.18 Å². The normalized spacial score (nSPS) is 11.5. The van der Waals surface area contributed by atoms with Crippen LogP contribution < -0.4 is 10.6 Å². The molecule has 3 aromatic carbocycles. The standard InChI is InChI=1S/C29H27F4N3O3.C7H8O/c1-28(2,3)36-25(37)18-7-5-6-17(14-18)20-15-21-23(26(38)34-4)24(16-8-10-19(30)11-9-16)39-27(21)35-22(20)12-13-29(31,32)33;1-6-2-4-7(8)5-3-6/h5-11,14-15H,12-13H2,1-4H3,(H,34,38)(H,36,37);2-5,8H,1H3. The Kier molecular flexibility index (Phi) is 10.4. The van der Waals surface area contributed by atoms with Gasteiger partial charge in [0.1, 0.15) is 17.3 Å². The van der Waals surface area contributed by atoms with E-state index in [1.165, 1.54) is 36.9 Å². The van der Waals surface area contributed by atoms with Crippen LogP contribution in [0.3, 0.4) is 0 Å². The molecule has 2 heterocycles. The van der Waals surface area contributed by atoms with Crippen molar-refractivity contribution in [2.75, 3.05) is 7.05 Å². The molecule has 0 spiro atoms. The Morgan fingerprint density at radius 2 is 1.55 bits per heavy atom. The first kappa shape index (κ1) is 34.7. The molecule has 7 nitrogen and oxygen atoms in total. The second-order valence-corrected chi connectivity index (χ2v) is 12.0. The molecule has 0 aliphatic carbocycles. The minimum atomic E-state index is -4.43. The number of carbonyl (C=O) groups excluding carboxylic acids is 2. The maximum absolute atomic E-state index is 13.5. The summed E-state index contributed by atoms with van der Waals surface area (Å²) >= 11 is 0. The molecular weight excluding hydrogens is 614 g/mol. The summed E-state index contributed by atoms with van der Waals surface area (Å²) in [5.41, 5.74) is 2.33. The molecule has 246 valence electrons. The van der Waals surface area contributed by atoms with Crippen LogP contribution in [0, 0.1) is 12.7 Å². The van der Waals surface area contributed by atoms with Crippen molar-refractivity contribution >= 4 is 22.9 Å². The first-order valence-electron chi connectivity index (χ1n) is 14.7. The largest absolute Gasteiger partial charge is 0.508 e. The molecule has 5 aromatic rings. The molecule has 0 aliphatic rings. The van der Waals surface area contributed by atoms with Gasteiger partial charge in [-0.25, -0.2) is 9.37 Å². The van der Waals surface area contributed by atoms with E-state index in [0.717, 1.165) is 0 Å². The van der Waals surface area contributed by atoms with Crippen LogP contribution in [0.15, 0.2) is 83.3 Å². The van der Waals surface area contributed by atoms with Gasteiger partial charge in [-0.3, -0.25) is 9.59 Å². The topological polar surface area (TPSA) is 104 Å². The molecule has 0 atom stereocenters. The van der Waals surface area contributed by atoms with Gasteiger partial charge in [-0.05, 0) is 94.3 Å². The summed E-state index contributed by atoms with van der Waals surface area (Å²) in [5.74, 6) is -0.906. The Morgan fingerprint density at radius 1 is 0.894 bits per heavy atom. The second-order valence-electron chi connectivity index (χ2n) is 12.0. The van der Waals surface area contributed by atoms with Crippen LogP contribution in [-0.4, -0.2) is 40.7 Å². The van der Waals surface area contributed by atoms with Gasteiger partial charge in [0.2, 0.25) is 5.71 Å². The highest BCUT2D eigenvalue weighted by molar-refractivity contribution is 6.11. The SMILES string of the molecule is CNC(=O)c1c(-c2ccc(F)cc2)oc2nc(CCC(F)(F)F)c(-c3cccc(C(=O)NC(C)(C)C)c3)cc12.Cc1ccc(O)cc1. The minimum Gasteiger partial charge on any atom is -0.508 e. The Bertz CT molecular complexity index is 1850. The van der Waals surface area contributed by atoms with Gasteiger partial charge in [0.05, 0.1) is 16.6 Å². The summed E-state index contributed by atoms with van der Waals surface area (Å²) < 4.78 is 59.0. The summed E-state index contributed by atoms with van der Waals surface area (Å²) in [6, 6.07) is 20.4. The van der Waals surface area contributed by atoms with E-state index in [-0.39, 0.29) is 34.0 Å².